The van der Waals surface area contributed by atoms with E-state index < -0.39 is 42.3 Å². The highest BCUT2D eigenvalue weighted by atomic mass is 16.4. The fraction of sp³-hybridized carbons (Fsp3) is 0.583. The number of guanidine groups is 1. The summed E-state index contributed by atoms with van der Waals surface area (Å²) in [6, 6.07) is -2.71. The average Bonchev–Trinajstić information content (AvgIpc) is 2.48. The van der Waals surface area contributed by atoms with Crippen molar-refractivity contribution in [3.8, 4) is 0 Å². The Morgan fingerprint density at radius 3 is 2.12 bits per heavy atom. The van der Waals surface area contributed by atoms with Gasteiger partial charge in [0.25, 0.3) is 0 Å². The Kier molecular flexibility index (Phi) is 9.48. The second-order valence-electron chi connectivity index (χ2n) is 4.77. The summed E-state index contributed by atoms with van der Waals surface area (Å²) in [5, 5.41) is 22.0. The molecule has 24 heavy (non-hydrogen) atoms. The first-order valence-corrected chi connectivity index (χ1v) is 6.97. The van der Waals surface area contributed by atoms with Crippen LogP contribution >= 0.6 is 0 Å². The van der Waals surface area contributed by atoms with E-state index in [2.05, 4.69) is 15.6 Å². The van der Waals surface area contributed by atoms with Crippen LogP contribution in [0.3, 0.4) is 0 Å². The lowest BCUT2D eigenvalue weighted by atomic mass is 10.1. The first kappa shape index (κ1) is 21.1. The number of carbonyl (C=O) groups excluding carboxylic acids is 2. The minimum Gasteiger partial charge on any atom is -0.481 e. The molecule has 10 N–H and O–H groups in total. The lowest BCUT2D eigenvalue weighted by Crippen LogP contribution is -2.53. The van der Waals surface area contributed by atoms with Gasteiger partial charge in [0.1, 0.15) is 12.1 Å². The van der Waals surface area contributed by atoms with Gasteiger partial charge in [0.05, 0.1) is 13.0 Å². The molecule has 0 rings (SSSR count). The molecule has 0 aliphatic rings. The van der Waals surface area contributed by atoms with E-state index in [1.54, 1.807) is 0 Å². The highest BCUT2D eigenvalue weighted by Crippen LogP contribution is 2.01. The van der Waals surface area contributed by atoms with Gasteiger partial charge < -0.3 is 38.0 Å². The Morgan fingerprint density at radius 2 is 1.67 bits per heavy atom. The predicted molar refractivity (Wildman–Crippen MR) is 82.7 cm³/mol. The van der Waals surface area contributed by atoms with Crippen molar-refractivity contribution in [2.75, 3.05) is 13.1 Å². The van der Waals surface area contributed by atoms with Gasteiger partial charge in [0, 0.05) is 6.54 Å². The third-order valence-electron chi connectivity index (χ3n) is 2.78. The maximum Gasteiger partial charge on any atom is 0.326 e. The van der Waals surface area contributed by atoms with Gasteiger partial charge >= 0.3 is 11.9 Å². The van der Waals surface area contributed by atoms with E-state index in [1.165, 1.54) is 0 Å². The molecule has 0 aromatic rings. The van der Waals surface area contributed by atoms with Crippen molar-refractivity contribution in [2.45, 2.75) is 31.3 Å². The first-order valence-electron chi connectivity index (χ1n) is 6.97. The number of nitrogens with zero attached hydrogens (tertiary/aromatic N) is 1. The van der Waals surface area contributed by atoms with Crippen molar-refractivity contribution >= 4 is 29.7 Å². The van der Waals surface area contributed by atoms with Crippen LogP contribution in [-0.2, 0) is 19.2 Å². The van der Waals surface area contributed by atoms with Crippen LogP contribution in [0, 0.1) is 0 Å². The van der Waals surface area contributed by atoms with Crippen molar-refractivity contribution in [2.24, 2.45) is 22.2 Å². The van der Waals surface area contributed by atoms with Crippen molar-refractivity contribution in [1.29, 1.82) is 0 Å². The molecule has 0 saturated heterocycles. The number of aliphatic imine (C=N–C) groups is 1. The van der Waals surface area contributed by atoms with Crippen LogP contribution in [0.4, 0.5) is 0 Å². The van der Waals surface area contributed by atoms with Crippen LogP contribution in [0.5, 0.6) is 0 Å². The summed E-state index contributed by atoms with van der Waals surface area (Å²) >= 11 is 0. The van der Waals surface area contributed by atoms with Gasteiger partial charge in [0.15, 0.2) is 5.96 Å². The number of hydrogen-bond acceptors (Lipinski definition) is 6. The molecule has 0 aliphatic heterocycles. The van der Waals surface area contributed by atoms with Crippen LogP contribution in [0.25, 0.3) is 0 Å². The van der Waals surface area contributed by atoms with Crippen molar-refractivity contribution < 1.29 is 29.4 Å². The summed E-state index contributed by atoms with van der Waals surface area (Å²) in [6.45, 7) is -0.169. The zero-order valence-electron chi connectivity index (χ0n) is 12.9. The van der Waals surface area contributed by atoms with Crippen molar-refractivity contribution in [3.63, 3.8) is 0 Å². The number of nitrogens with one attached hydrogen (secondary N) is 2. The quantitative estimate of drug-likeness (QED) is 0.112. The van der Waals surface area contributed by atoms with Crippen LogP contribution in [0.15, 0.2) is 4.99 Å². The summed E-state index contributed by atoms with van der Waals surface area (Å²) in [4.78, 5) is 48.8. The molecule has 0 bridgehead atoms. The van der Waals surface area contributed by atoms with Crippen LogP contribution in [-0.4, -0.2) is 65.1 Å². The number of carboxylic acids is 2. The molecule has 12 nitrogen and oxygen atoms in total. The smallest absolute Gasteiger partial charge is 0.326 e. The molecule has 0 heterocycles. The van der Waals surface area contributed by atoms with E-state index in [4.69, 9.17) is 27.4 Å². The van der Waals surface area contributed by atoms with Gasteiger partial charge in [-0.05, 0) is 12.8 Å². The van der Waals surface area contributed by atoms with Crippen LogP contribution < -0.4 is 27.8 Å². The Labute approximate surface area is 137 Å². The molecule has 136 valence electrons. The van der Waals surface area contributed by atoms with E-state index >= 15 is 0 Å². The molecule has 0 radical (unpaired) electrons. The van der Waals surface area contributed by atoms with Gasteiger partial charge in [-0.3, -0.25) is 19.4 Å². The van der Waals surface area contributed by atoms with Gasteiger partial charge in [-0.1, -0.05) is 0 Å². The van der Waals surface area contributed by atoms with Gasteiger partial charge in [-0.2, -0.15) is 0 Å². The van der Waals surface area contributed by atoms with Gasteiger partial charge in [-0.25, -0.2) is 4.79 Å². The number of aliphatic carboxylic acids is 2. The minimum atomic E-state index is -1.62. The van der Waals surface area contributed by atoms with Crippen molar-refractivity contribution in [3.05, 3.63) is 0 Å². The largest absolute Gasteiger partial charge is 0.481 e. The summed E-state index contributed by atoms with van der Waals surface area (Å²) in [7, 11) is 0. The SMILES string of the molecule is NCC(=O)NC(CCCN=C(N)N)C(=O)NC(CC(=O)O)C(=O)O. The summed E-state index contributed by atoms with van der Waals surface area (Å²) in [5.74, 6) is -4.49. The maximum atomic E-state index is 12.1. The topological polar surface area (TPSA) is 223 Å². The maximum absolute atomic E-state index is 12.1. The third kappa shape index (κ3) is 9.19. The molecule has 2 amide bonds. The van der Waals surface area contributed by atoms with E-state index in [0.717, 1.165) is 0 Å². The lowest BCUT2D eigenvalue weighted by molar-refractivity contribution is -0.147. The van der Waals surface area contributed by atoms with Crippen molar-refractivity contribution in [1.82, 2.24) is 10.6 Å². The zero-order valence-corrected chi connectivity index (χ0v) is 12.9. The normalized spacial score (nSPS) is 12.5. The lowest BCUT2D eigenvalue weighted by Gasteiger charge is -2.20. The van der Waals surface area contributed by atoms with E-state index in [-0.39, 0.29) is 25.5 Å². The number of nitrogens with two attached hydrogens (primary N) is 3. The van der Waals surface area contributed by atoms with E-state index in [9.17, 15) is 19.2 Å². The Bertz CT molecular complexity index is 504. The fourth-order valence-electron chi connectivity index (χ4n) is 1.67. The predicted octanol–water partition coefficient (Wildman–Crippen LogP) is -3.47. The van der Waals surface area contributed by atoms with Crippen LogP contribution in [0.1, 0.15) is 19.3 Å². The summed E-state index contributed by atoms with van der Waals surface area (Å²) in [5.41, 5.74) is 15.5. The van der Waals surface area contributed by atoms with Crippen LogP contribution in [0.2, 0.25) is 0 Å². The molecule has 0 aliphatic carbocycles. The Hall–Kier alpha value is -2.89. The monoisotopic (exact) mass is 346 g/mol. The number of carbonyl (C=O) groups is 4. The molecule has 0 aromatic heterocycles. The molecule has 2 atom stereocenters. The standard InChI is InChI=1S/C12H22N6O6/c13-5-8(19)17-6(2-1-3-16-12(14)15)10(22)18-7(11(23)24)4-9(20)21/h6-7H,1-5,13H2,(H,17,19)(H,18,22)(H,20,21)(H,23,24)(H4,14,15,16). The number of rotatable bonds is 11. The molecular formula is C12H22N6O6. The molecule has 0 saturated carbocycles. The number of amides is 2. The second kappa shape index (κ2) is 10.8. The molecule has 0 fully saturated rings. The molecule has 12 heteroatoms. The summed E-state index contributed by atoms with van der Waals surface area (Å²) in [6.07, 6.45) is -0.377. The third-order valence-corrected chi connectivity index (χ3v) is 2.78. The van der Waals surface area contributed by atoms with Gasteiger partial charge in [-0.15, -0.1) is 0 Å². The van der Waals surface area contributed by atoms with E-state index in [0.29, 0.717) is 6.42 Å². The minimum absolute atomic E-state index is 0.105. The Balaban J connectivity index is 4.86. The van der Waals surface area contributed by atoms with Gasteiger partial charge in [0.2, 0.25) is 11.8 Å². The highest BCUT2D eigenvalue weighted by molar-refractivity contribution is 5.92. The molecule has 2 unspecified atom stereocenters. The van der Waals surface area contributed by atoms with E-state index in [1.807, 2.05) is 0 Å². The first-order chi connectivity index (χ1) is 11.2. The summed E-state index contributed by atoms with van der Waals surface area (Å²) < 4.78 is 0. The average molecular weight is 346 g/mol. The Morgan fingerprint density at radius 1 is 1.04 bits per heavy atom. The molecule has 0 spiro atoms. The zero-order chi connectivity index (χ0) is 18.7. The number of hydrogen-bond donors (Lipinski definition) is 7. The number of carboxylic acid groups (broad SMARTS) is 2. The fourth-order valence-corrected chi connectivity index (χ4v) is 1.67. The highest BCUT2D eigenvalue weighted by Gasteiger charge is 2.27. The molecular weight excluding hydrogens is 324 g/mol. The second-order valence-corrected chi connectivity index (χ2v) is 4.77. The molecule has 0 aromatic carbocycles.